The van der Waals surface area contributed by atoms with Gasteiger partial charge in [-0.15, -0.1) is 0 Å². The molecular formula is C14H12FIO. The van der Waals surface area contributed by atoms with E-state index in [0.717, 1.165) is 9.13 Å². The van der Waals surface area contributed by atoms with Gasteiger partial charge in [-0.05, 0) is 46.4 Å². The number of benzene rings is 2. The predicted octanol–water partition coefficient (Wildman–Crippen LogP) is 3.71. The molecule has 1 unspecified atom stereocenters. The fourth-order valence-electron chi connectivity index (χ4n) is 1.70. The topological polar surface area (TPSA) is 20.2 Å². The van der Waals surface area contributed by atoms with Gasteiger partial charge in [-0.3, -0.25) is 0 Å². The molecule has 0 heterocycles. The van der Waals surface area contributed by atoms with E-state index in [4.69, 9.17) is 0 Å². The van der Waals surface area contributed by atoms with Gasteiger partial charge < -0.3 is 5.11 Å². The standard InChI is InChI=1S/C14H12FIO/c15-13-4-2-1-3-12(13)14(17)9-10-5-7-11(16)8-6-10/h1-8,14,17H,9H2. The summed E-state index contributed by atoms with van der Waals surface area (Å²) in [5.74, 6) is -0.356. The van der Waals surface area contributed by atoms with Gasteiger partial charge in [-0.2, -0.15) is 0 Å². The summed E-state index contributed by atoms with van der Waals surface area (Å²) in [5, 5.41) is 9.98. The van der Waals surface area contributed by atoms with Crippen LogP contribution in [0, 0.1) is 9.39 Å². The van der Waals surface area contributed by atoms with Crippen molar-refractivity contribution in [3.8, 4) is 0 Å². The lowest BCUT2D eigenvalue weighted by molar-refractivity contribution is 0.173. The summed E-state index contributed by atoms with van der Waals surface area (Å²) in [6.07, 6.45) is -0.367. The molecule has 0 fully saturated rings. The van der Waals surface area contributed by atoms with Gasteiger partial charge >= 0.3 is 0 Å². The molecule has 88 valence electrons. The average Bonchev–Trinajstić information content (AvgIpc) is 2.32. The Hall–Kier alpha value is -0.940. The van der Waals surface area contributed by atoms with Crippen LogP contribution in [0.5, 0.6) is 0 Å². The lowest BCUT2D eigenvalue weighted by Crippen LogP contribution is -2.04. The Morgan fingerprint density at radius 1 is 1.06 bits per heavy atom. The monoisotopic (exact) mass is 342 g/mol. The Balaban J connectivity index is 2.14. The molecular weight excluding hydrogens is 330 g/mol. The molecule has 0 amide bonds. The van der Waals surface area contributed by atoms with E-state index in [0.29, 0.717) is 12.0 Å². The average molecular weight is 342 g/mol. The van der Waals surface area contributed by atoms with Crippen LogP contribution in [0.3, 0.4) is 0 Å². The zero-order chi connectivity index (χ0) is 12.3. The number of hydrogen-bond acceptors (Lipinski definition) is 1. The quantitative estimate of drug-likeness (QED) is 0.844. The maximum Gasteiger partial charge on any atom is 0.129 e. The van der Waals surface area contributed by atoms with Crippen LogP contribution in [0.25, 0.3) is 0 Å². The highest BCUT2D eigenvalue weighted by Crippen LogP contribution is 2.21. The molecule has 1 N–H and O–H groups in total. The van der Waals surface area contributed by atoms with E-state index in [9.17, 15) is 9.50 Å². The molecule has 0 saturated heterocycles. The van der Waals surface area contributed by atoms with Crippen LogP contribution in [-0.2, 0) is 6.42 Å². The van der Waals surface area contributed by atoms with Gasteiger partial charge in [-0.25, -0.2) is 4.39 Å². The fourth-order valence-corrected chi connectivity index (χ4v) is 2.06. The second-order valence-electron chi connectivity index (χ2n) is 3.87. The van der Waals surface area contributed by atoms with Crippen LogP contribution in [0.4, 0.5) is 4.39 Å². The lowest BCUT2D eigenvalue weighted by atomic mass is 10.0. The van der Waals surface area contributed by atoms with Gasteiger partial charge in [0.15, 0.2) is 0 Å². The first-order valence-electron chi connectivity index (χ1n) is 5.34. The molecule has 1 nitrogen and oxygen atoms in total. The number of rotatable bonds is 3. The normalized spacial score (nSPS) is 12.4. The summed E-state index contributed by atoms with van der Waals surface area (Å²) in [6.45, 7) is 0. The van der Waals surface area contributed by atoms with Crippen molar-refractivity contribution in [2.45, 2.75) is 12.5 Å². The molecule has 0 bridgehead atoms. The molecule has 1 atom stereocenters. The highest BCUT2D eigenvalue weighted by molar-refractivity contribution is 14.1. The smallest absolute Gasteiger partial charge is 0.129 e. The Kier molecular flexibility index (Phi) is 4.12. The Morgan fingerprint density at radius 3 is 2.35 bits per heavy atom. The number of hydrogen-bond donors (Lipinski definition) is 1. The first kappa shape index (κ1) is 12.5. The van der Waals surface area contributed by atoms with Crippen LogP contribution < -0.4 is 0 Å². The van der Waals surface area contributed by atoms with E-state index in [2.05, 4.69) is 22.6 Å². The maximum absolute atomic E-state index is 13.4. The van der Waals surface area contributed by atoms with Crippen molar-refractivity contribution >= 4 is 22.6 Å². The van der Waals surface area contributed by atoms with Crippen LogP contribution >= 0.6 is 22.6 Å². The molecule has 2 rings (SSSR count). The van der Waals surface area contributed by atoms with Gasteiger partial charge in [-0.1, -0.05) is 30.3 Å². The summed E-state index contributed by atoms with van der Waals surface area (Å²) >= 11 is 2.22. The van der Waals surface area contributed by atoms with Crippen LogP contribution in [0.2, 0.25) is 0 Å². The lowest BCUT2D eigenvalue weighted by Gasteiger charge is -2.11. The van der Waals surface area contributed by atoms with Gasteiger partial charge in [0.1, 0.15) is 5.82 Å². The minimum atomic E-state index is -0.795. The number of halogens is 2. The Morgan fingerprint density at radius 2 is 1.71 bits per heavy atom. The van der Waals surface area contributed by atoms with Crippen molar-refractivity contribution < 1.29 is 9.50 Å². The van der Waals surface area contributed by atoms with Gasteiger partial charge in [0.05, 0.1) is 6.10 Å². The number of aliphatic hydroxyl groups excluding tert-OH is 1. The van der Waals surface area contributed by atoms with Crippen LogP contribution in [-0.4, -0.2) is 5.11 Å². The van der Waals surface area contributed by atoms with Gasteiger partial charge in [0, 0.05) is 15.6 Å². The first-order valence-corrected chi connectivity index (χ1v) is 6.41. The molecule has 0 aromatic heterocycles. The highest BCUT2D eigenvalue weighted by atomic mass is 127. The van der Waals surface area contributed by atoms with Crippen molar-refractivity contribution in [2.75, 3.05) is 0 Å². The van der Waals surface area contributed by atoms with E-state index in [1.54, 1.807) is 18.2 Å². The van der Waals surface area contributed by atoms with Crippen LogP contribution in [0.1, 0.15) is 17.2 Å². The maximum atomic E-state index is 13.4. The van der Waals surface area contributed by atoms with Crippen LogP contribution in [0.15, 0.2) is 48.5 Å². The summed E-state index contributed by atoms with van der Waals surface area (Å²) in [6, 6.07) is 14.2. The second kappa shape index (κ2) is 5.60. The Labute approximate surface area is 113 Å². The largest absolute Gasteiger partial charge is 0.388 e. The molecule has 0 aliphatic heterocycles. The summed E-state index contributed by atoms with van der Waals surface area (Å²) in [4.78, 5) is 0. The molecule has 3 heteroatoms. The van der Waals surface area contributed by atoms with E-state index < -0.39 is 6.10 Å². The van der Waals surface area contributed by atoms with E-state index in [1.165, 1.54) is 6.07 Å². The third-order valence-electron chi connectivity index (χ3n) is 2.61. The molecule has 0 aliphatic rings. The minimum absolute atomic E-state index is 0.353. The van der Waals surface area contributed by atoms with E-state index in [1.807, 2.05) is 24.3 Å². The zero-order valence-electron chi connectivity index (χ0n) is 9.11. The van der Waals surface area contributed by atoms with Gasteiger partial charge in [0.2, 0.25) is 0 Å². The van der Waals surface area contributed by atoms with Crippen molar-refractivity contribution in [1.82, 2.24) is 0 Å². The van der Waals surface area contributed by atoms with Crippen molar-refractivity contribution in [1.29, 1.82) is 0 Å². The summed E-state index contributed by atoms with van der Waals surface area (Å²) in [5.41, 5.74) is 1.35. The molecule has 0 aliphatic carbocycles. The molecule has 2 aromatic carbocycles. The molecule has 2 aromatic rings. The summed E-state index contributed by atoms with van der Waals surface area (Å²) < 4.78 is 14.6. The molecule has 17 heavy (non-hydrogen) atoms. The fraction of sp³-hybridized carbons (Fsp3) is 0.143. The van der Waals surface area contributed by atoms with Crippen molar-refractivity contribution in [3.63, 3.8) is 0 Å². The predicted molar refractivity (Wildman–Crippen MR) is 74.2 cm³/mol. The van der Waals surface area contributed by atoms with E-state index >= 15 is 0 Å². The third-order valence-corrected chi connectivity index (χ3v) is 3.33. The van der Waals surface area contributed by atoms with Gasteiger partial charge in [0.25, 0.3) is 0 Å². The zero-order valence-corrected chi connectivity index (χ0v) is 11.3. The highest BCUT2D eigenvalue weighted by Gasteiger charge is 2.12. The van der Waals surface area contributed by atoms with Crippen molar-refractivity contribution in [3.05, 3.63) is 69.0 Å². The SMILES string of the molecule is OC(Cc1ccc(I)cc1)c1ccccc1F. The second-order valence-corrected chi connectivity index (χ2v) is 5.11. The van der Waals surface area contributed by atoms with E-state index in [-0.39, 0.29) is 5.82 Å². The first-order chi connectivity index (χ1) is 8.16. The molecule has 0 saturated carbocycles. The molecule has 0 spiro atoms. The Bertz CT molecular complexity index is 496. The van der Waals surface area contributed by atoms with Crippen molar-refractivity contribution in [2.24, 2.45) is 0 Å². The summed E-state index contributed by atoms with van der Waals surface area (Å²) in [7, 11) is 0. The minimum Gasteiger partial charge on any atom is -0.388 e. The third kappa shape index (κ3) is 3.26. The molecule has 0 radical (unpaired) electrons. The number of aliphatic hydroxyl groups is 1.